The maximum atomic E-state index is 13.1. The molecule has 1 saturated carbocycles. The fraction of sp³-hybridized carbons (Fsp3) is 0.565. The minimum absolute atomic E-state index is 0.0250. The summed E-state index contributed by atoms with van der Waals surface area (Å²) >= 11 is 0. The molecule has 0 aliphatic heterocycles. The third kappa shape index (κ3) is 4.75. The number of hydrogen-bond acceptors (Lipinski definition) is 4. The van der Waals surface area contributed by atoms with E-state index in [1.807, 2.05) is 30.3 Å². The van der Waals surface area contributed by atoms with Gasteiger partial charge in [0.05, 0.1) is 12.1 Å². The van der Waals surface area contributed by atoms with Crippen LogP contribution in [-0.2, 0) is 11.3 Å². The van der Waals surface area contributed by atoms with Crippen LogP contribution in [0.3, 0.4) is 0 Å². The molecule has 0 saturated heterocycles. The third-order valence-electron chi connectivity index (χ3n) is 5.18. The maximum Gasteiger partial charge on any atom is 0.232 e. The van der Waals surface area contributed by atoms with Crippen molar-refractivity contribution in [1.82, 2.24) is 10.1 Å². The molecule has 28 heavy (non-hydrogen) atoms. The van der Waals surface area contributed by atoms with E-state index in [1.54, 1.807) is 0 Å². The normalized spacial score (nSPS) is 14.2. The first kappa shape index (κ1) is 20.4. The smallest absolute Gasteiger partial charge is 0.232 e. The molecule has 5 heteroatoms. The summed E-state index contributed by atoms with van der Waals surface area (Å²) < 4.78 is 5.81. The van der Waals surface area contributed by atoms with E-state index in [2.05, 4.69) is 49.6 Å². The summed E-state index contributed by atoms with van der Waals surface area (Å²) in [4.78, 5) is 17.3. The summed E-state index contributed by atoms with van der Waals surface area (Å²) in [5, 5.41) is 4.42. The van der Waals surface area contributed by atoms with Gasteiger partial charge < -0.3 is 14.3 Å². The van der Waals surface area contributed by atoms with Crippen molar-refractivity contribution in [3.8, 4) is 11.3 Å². The molecule has 1 fully saturated rings. The van der Waals surface area contributed by atoms with Gasteiger partial charge in [0.15, 0.2) is 0 Å². The van der Waals surface area contributed by atoms with Gasteiger partial charge >= 0.3 is 0 Å². The Morgan fingerprint density at radius 1 is 1.14 bits per heavy atom. The summed E-state index contributed by atoms with van der Waals surface area (Å²) in [5.41, 5.74) is 2.86. The standard InChI is InChI=1S/C23H33N3O2/c1-6-25(7-2)22-19(21(24-28-22)17-11-9-8-10-12-17)16-26(18-13-14-18)20(27)15-23(3,4)5/h8-12,18H,6-7,13-16H2,1-5H3. The highest BCUT2D eigenvalue weighted by Gasteiger charge is 2.36. The van der Waals surface area contributed by atoms with Gasteiger partial charge in [0.1, 0.15) is 5.69 Å². The Labute approximate surface area is 168 Å². The molecule has 152 valence electrons. The lowest BCUT2D eigenvalue weighted by molar-refractivity contribution is -0.134. The summed E-state index contributed by atoms with van der Waals surface area (Å²) in [5.74, 6) is 1.01. The van der Waals surface area contributed by atoms with Gasteiger partial charge in [-0.1, -0.05) is 56.3 Å². The monoisotopic (exact) mass is 383 g/mol. The first-order valence-electron chi connectivity index (χ1n) is 10.4. The van der Waals surface area contributed by atoms with E-state index >= 15 is 0 Å². The number of anilines is 1. The first-order chi connectivity index (χ1) is 13.3. The molecule has 1 aromatic heterocycles. The third-order valence-corrected chi connectivity index (χ3v) is 5.18. The Morgan fingerprint density at radius 3 is 2.32 bits per heavy atom. The van der Waals surface area contributed by atoms with Crippen LogP contribution < -0.4 is 4.90 Å². The number of hydrogen-bond donors (Lipinski definition) is 0. The molecule has 1 aliphatic carbocycles. The van der Waals surface area contributed by atoms with Gasteiger partial charge in [-0.25, -0.2) is 0 Å². The second-order valence-corrected chi connectivity index (χ2v) is 8.84. The van der Waals surface area contributed by atoms with E-state index in [4.69, 9.17) is 4.52 Å². The summed E-state index contributed by atoms with van der Waals surface area (Å²) in [6.07, 6.45) is 2.72. The van der Waals surface area contributed by atoms with Crippen molar-refractivity contribution < 1.29 is 9.32 Å². The number of benzene rings is 1. The number of amides is 1. The van der Waals surface area contributed by atoms with Crippen LogP contribution in [0.4, 0.5) is 5.88 Å². The maximum absolute atomic E-state index is 13.1. The molecular weight excluding hydrogens is 350 g/mol. The molecule has 1 aliphatic rings. The van der Waals surface area contributed by atoms with Gasteiger partial charge in [0, 0.05) is 31.1 Å². The Kier molecular flexibility index (Phi) is 6.11. The Morgan fingerprint density at radius 2 is 1.79 bits per heavy atom. The van der Waals surface area contributed by atoms with Crippen molar-refractivity contribution in [2.45, 2.75) is 66.5 Å². The largest absolute Gasteiger partial charge is 0.341 e. The molecule has 5 nitrogen and oxygen atoms in total. The molecule has 0 bridgehead atoms. The van der Waals surface area contributed by atoms with Crippen molar-refractivity contribution in [2.24, 2.45) is 5.41 Å². The zero-order valence-corrected chi connectivity index (χ0v) is 17.9. The quantitative estimate of drug-likeness (QED) is 0.635. The van der Waals surface area contributed by atoms with E-state index in [0.717, 1.165) is 48.6 Å². The fourth-order valence-corrected chi connectivity index (χ4v) is 3.56. The van der Waals surface area contributed by atoms with Crippen molar-refractivity contribution in [2.75, 3.05) is 18.0 Å². The van der Waals surface area contributed by atoms with Gasteiger partial charge in [0.25, 0.3) is 0 Å². The van der Waals surface area contributed by atoms with Gasteiger partial charge in [0.2, 0.25) is 11.8 Å². The van der Waals surface area contributed by atoms with Crippen LogP contribution >= 0.6 is 0 Å². The van der Waals surface area contributed by atoms with Crippen LogP contribution in [0.2, 0.25) is 0 Å². The van der Waals surface area contributed by atoms with Crippen LogP contribution in [0, 0.1) is 5.41 Å². The topological polar surface area (TPSA) is 49.6 Å². The van der Waals surface area contributed by atoms with Crippen molar-refractivity contribution in [3.63, 3.8) is 0 Å². The molecular formula is C23H33N3O2. The highest BCUT2D eigenvalue weighted by molar-refractivity contribution is 5.78. The fourth-order valence-electron chi connectivity index (χ4n) is 3.56. The van der Waals surface area contributed by atoms with Crippen LogP contribution in [0.15, 0.2) is 34.9 Å². The minimum atomic E-state index is -0.0250. The lowest BCUT2D eigenvalue weighted by atomic mass is 9.91. The lowest BCUT2D eigenvalue weighted by Gasteiger charge is -2.28. The number of nitrogens with zero attached hydrogens (tertiary/aromatic N) is 3. The summed E-state index contributed by atoms with van der Waals surface area (Å²) in [7, 11) is 0. The Hall–Kier alpha value is -2.30. The first-order valence-corrected chi connectivity index (χ1v) is 10.4. The Balaban J connectivity index is 1.97. The van der Waals surface area contributed by atoms with E-state index in [9.17, 15) is 4.79 Å². The zero-order valence-electron chi connectivity index (χ0n) is 17.9. The molecule has 0 spiro atoms. The summed E-state index contributed by atoms with van der Waals surface area (Å²) in [6.45, 7) is 12.8. The molecule has 1 heterocycles. The molecule has 1 aromatic carbocycles. The zero-order chi connectivity index (χ0) is 20.3. The lowest BCUT2D eigenvalue weighted by Crippen LogP contribution is -2.35. The second-order valence-electron chi connectivity index (χ2n) is 8.84. The number of carbonyl (C=O) groups is 1. The van der Waals surface area contributed by atoms with Gasteiger partial charge in [-0.3, -0.25) is 4.79 Å². The highest BCUT2D eigenvalue weighted by Crippen LogP contribution is 2.37. The van der Waals surface area contributed by atoms with Crippen LogP contribution in [-0.4, -0.2) is 35.1 Å². The number of aromatic nitrogens is 1. The average Bonchev–Trinajstić information content (AvgIpc) is 3.40. The van der Waals surface area contributed by atoms with E-state index in [1.165, 1.54) is 0 Å². The van der Waals surface area contributed by atoms with E-state index in [-0.39, 0.29) is 11.3 Å². The van der Waals surface area contributed by atoms with Crippen molar-refractivity contribution in [3.05, 3.63) is 35.9 Å². The number of carbonyl (C=O) groups excluding carboxylic acids is 1. The minimum Gasteiger partial charge on any atom is -0.341 e. The van der Waals surface area contributed by atoms with E-state index < -0.39 is 0 Å². The second kappa shape index (κ2) is 8.38. The average molecular weight is 384 g/mol. The molecule has 0 atom stereocenters. The van der Waals surface area contributed by atoms with Crippen molar-refractivity contribution >= 4 is 11.8 Å². The van der Waals surface area contributed by atoms with Gasteiger partial charge in [-0.15, -0.1) is 0 Å². The SMILES string of the molecule is CCN(CC)c1onc(-c2ccccc2)c1CN(C(=O)CC(C)(C)C)C1CC1. The van der Waals surface area contributed by atoms with Crippen LogP contribution in [0.25, 0.3) is 11.3 Å². The predicted octanol–water partition coefficient (Wildman–Crippen LogP) is 5.12. The molecule has 0 unspecified atom stereocenters. The molecule has 0 N–H and O–H groups in total. The van der Waals surface area contributed by atoms with Gasteiger partial charge in [-0.2, -0.15) is 0 Å². The molecule has 1 amide bonds. The molecule has 0 radical (unpaired) electrons. The van der Waals surface area contributed by atoms with Crippen LogP contribution in [0.5, 0.6) is 0 Å². The van der Waals surface area contributed by atoms with Gasteiger partial charge in [-0.05, 0) is 32.1 Å². The predicted molar refractivity (Wildman–Crippen MR) is 113 cm³/mol. The molecule has 2 aromatic rings. The Bertz CT molecular complexity index is 784. The van der Waals surface area contributed by atoms with E-state index in [0.29, 0.717) is 19.0 Å². The van der Waals surface area contributed by atoms with Crippen molar-refractivity contribution in [1.29, 1.82) is 0 Å². The number of rotatable bonds is 8. The highest BCUT2D eigenvalue weighted by atomic mass is 16.5. The molecule has 3 rings (SSSR count). The van der Waals surface area contributed by atoms with Crippen LogP contribution in [0.1, 0.15) is 59.4 Å². The summed E-state index contributed by atoms with van der Waals surface area (Å²) in [6, 6.07) is 10.5.